The van der Waals surface area contributed by atoms with E-state index in [9.17, 15) is 18.0 Å². The van der Waals surface area contributed by atoms with Gasteiger partial charge in [0.15, 0.2) is 9.84 Å². The zero-order chi connectivity index (χ0) is 20.6. The van der Waals surface area contributed by atoms with Crippen molar-refractivity contribution < 1.29 is 17.9 Å². The maximum atomic E-state index is 12.6. The van der Waals surface area contributed by atoms with Gasteiger partial charge in [-0.05, 0) is 36.4 Å². The minimum absolute atomic E-state index is 0.0379. The van der Waals surface area contributed by atoms with Crippen molar-refractivity contribution >= 4 is 44.1 Å². The Labute approximate surface area is 166 Å². The lowest BCUT2D eigenvalue weighted by Crippen LogP contribution is -2.23. The van der Waals surface area contributed by atoms with Crippen LogP contribution >= 0.6 is 11.6 Å². The zero-order valence-electron chi connectivity index (χ0n) is 15.4. The average molecular weight is 424 g/mol. The number of fused-ring (bicyclic) bond motifs is 1. The third-order valence-electron chi connectivity index (χ3n) is 4.36. The van der Waals surface area contributed by atoms with Crippen molar-refractivity contribution in [3.8, 4) is 5.75 Å². The van der Waals surface area contributed by atoms with Crippen LogP contribution in [-0.4, -0.2) is 36.3 Å². The number of aromatic nitrogens is 2. The molecule has 0 spiro atoms. The molecular formula is C18H18ClN3O5S. The van der Waals surface area contributed by atoms with Gasteiger partial charge in [0.1, 0.15) is 11.5 Å². The van der Waals surface area contributed by atoms with E-state index in [-0.39, 0.29) is 10.6 Å². The number of rotatable bonds is 5. The van der Waals surface area contributed by atoms with Gasteiger partial charge in [-0.3, -0.25) is 13.9 Å². The molecule has 0 radical (unpaired) electrons. The minimum Gasteiger partial charge on any atom is -0.495 e. The molecule has 3 aromatic rings. The number of imidazole rings is 1. The van der Waals surface area contributed by atoms with Crippen LogP contribution in [0.1, 0.15) is 0 Å². The first-order valence-electron chi connectivity index (χ1n) is 8.15. The van der Waals surface area contributed by atoms with Crippen molar-refractivity contribution in [3.63, 3.8) is 0 Å². The molecule has 1 aromatic heterocycles. The Balaban J connectivity index is 1.84. The first-order valence-corrected chi connectivity index (χ1v) is 10.2. The molecule has 28 heavy (non-hydrogen) atoms. The number of halogens is 1. The van der Waals surface area contributed by atoms with Gasteiger partial charge in [-0.15, -0.1) is 0 Å². The van der Waals surface area contributed by atoms with Crippen LogP contribution < -0.4 is 15.7 Å². The Kier molecular flexibility index (Phi) is 5.22. The number of nitrogens with one attached hydrogen (secondary N) is 1. The second-order valence-corrected chi connectivity index (χ2v) is 8.60. The third kappa shape index (κ3) is 3.63. The largest absolute Gasteiger partial charge is 0.495 e. The van der Waals surface area contributed by atoms with Gasteiger partial charge in [0.25, 0.3) is 0 Å². The lowest BCUT2D eigenvalue weighted by molar-refractivity contribution is -0.113. The SMILES string of the molecule is COc1ccc(NC(=O)CS(=O)(=O)c2ccc3c(c2)n(C)c(=O)n3C)cc1Cl. The summed E-state index contributed by atoms with van der Waals surface area (Å²) < 4.78 is 33.1. The summed E-state index contributed by atoms with van der Waals surface area (Å²) in [6.45, 7) is 0. The molecule has 0 saturated carbocycles. The van der Waals surface area contributed by atoms with Gasteiger partial charge in [-0.2, -0.15) is 0 Å². The van der Waals surface area contributed by atoms with Crippen molar-refractivity contribution in [2.24, 2.45) is 14.1 Å². The molecule has 10 heteroatoms. The van der Waals surface area contributed by atoms with Gasteiger partial charge in [0.2, 0.25) is 5.91 Å². The van der Waals surface area contributed by atoms with Crippen LogP contribution in [-0.2, 0) is 28.7 Å². The van der Waals surface area contributed by atoms with E-state index >= 15 is 0 Å². The van der Waals surface area contributed by atoms with Gasteiger partial charge in [0.05, 0.1) is 28.1 Å². The summed E-state index contributed by atoms with van der Waals surface area (Å²) >= 11 is 6.00. The maximum Gasteiger partial charge on any atom is 0.328 e. The van der Waals surface area contributed by atoms with Crippen LogP contribution in [0.2, 0.25) is 5.02 Å². The van der Waals surface area contributed by atoms with E-state index < -0.39 is 21.5 Å². The molecule has 0 unspecified atom stereocenters. The number of methoxy groups -OCH3 is 1. The molecule has 3 rings (SSSR count). The van der Waals surface area contributed by atoms with E-state index in [0.717, 1.165) is 0 Å². The number of anilines is 1. The van der Waals surface area contributed by atoms with Gasteiger partial charge in [-0.25, -0.2) is 13.2 Å². The minimum atomic E-state index is -3.91. The fourth-order valence-corrected chi connectivity index (χ4v) is 4.29. The Morgan fingerprint density at radius 2 is 1.79 bits per heavy atom. The van der Waals surface area contributed by atoms with Gasteiger partial charge in [0, 0.05) is 19.8 Å². The van der Waals surface area contributed by atoms with Gasteiger partial charge in [-0.1, -0.05) is 11.6 Å². The van der Waals surface area contributed by atoms with Crippen molar-refractivity contribution in [3.05, 3.63) is 51.9 Å². The summed E-state index contributed by atoms with van der Waals surface area (Å²) in [6.07, 6.45) is 0. The van der Waals surface area contributed by atoms with Crippen LogP contribution in [0.4, 0.5) is 5.69 Å². The molecule has 0 aliphatic rings. The molecule has 0 atom stereocenters. The summed E-state index contributed by atoms with van der Waals surface area (Å²) in [5.41, 5.74) is 1.16. The number of hydrogen-bond acceptors (Lipinski definition) is 5. The van der Waals surface area contributed by atoms with Crippen molar-refractivity contribution in [2.75, 3.05) is 18.2 Å². The molecule has 0 bridgehead atoms. The fourth-order valence-electron chi connectivity index (χ4n) is 2.88. The van der Waals surface area contributed by atoms with E-state index in [1.165, 1.54) is 34.4 Å². The highest BCUT2D eigenvalue weighted by molar-refractivity contribution is 7.92. The number of amides is 1. The number of carbonyl (C=O) groups is 1. The maximum absolute atomic E-state index is 12.6. The highest BCUT2D eigenvalue weighted by Gasteiger charge is 2.21. The number of sulfone groups is 1. The summed E-state index contributed by atoms with van der Waals surface area (Å²) in [6, 6.07) is 8.91. The van der Waals surface area contributed by atoms with Crippen LogP contribution in [0.25, 0.3) is 11.0 Å². The lowest BCUT2D eigenvalue weighted by Gasteiger charge is -2.09. The Bertz CT molecular complexity index is 1240. The molecule has 0 aliphatic carbocycles. The Morgan fingerprint density at radius 1 is 1.11 bits per heavy atom. The molecule has 1 N–H and O–H groups in total. The second-order valence-electron chi connectivity index (χ2n) is 6.21. The zero-order valence-corrected chi connectivity index (χ0v) is 17.0. The van der Waals surface area contributed by atoms with Crippen LogP contribution in [0.3, 0.4) is 0 Å². The molecular weight excluding hydrogens is 406 g/mol. The summed E-state index contributed by atoms with van der Waals surface area (Å²) in [4.78, 5) is 24.2. The topological polar surface area (TPSA) is 99.4 Å². The highest BCUT2D eigenvalue weighted by atomic mass is 35.5. The van der Waals surface area contributed by atoms with E-state index in [1.807, 2.05) is 0 Å². The number of nitrogens with zero attached hydrogens (tertiary/aromatic N) is 2. The summed E-state index contributed by atoms with van der Waals surface area (Å²) in [5.74, 6) is -1.01. The monoisotopic (exact) mass is 423 g/mol. The average Bonchev–Trinajstić information content (AvgIpc) is 2.85. The predicted octanol–water partition coefficient (Wildman–Crippen LogP) is 1.95. The van der Waals surface area contributed by atoms with Crippen LogP contribution in [0.5, 0.6) is 5.75 Å². The van der Waals surface area contributed by atoms with Crippen LogP contribution in [0.15, 0.2) is 46.1 Å². The summed E-state index contributed by atoms with van der Waals surface area (Å²) in [7, 11) is 0.715. The number of benzene rings is 2. The molecule has 1 heterocycles. The van der Waals surface area contributed by atoms with Gasteiger partial charge >= 0.3 is 5.69 Å². The van der Waals surface area contributed by atoms with Crippen molar-refractivity contribution in [1.82, 2.24) is 9.13 Å². The van der Waals surface area contributed by atoms with E-state index in [0.29, 0.717) is 27.5 Å². The number of ether oxygens (including phenoxy) is 1. The quantitative estimate of drug-likeness (QED) is 0.676. The summed E-state index contributed by atoms with van der Waals surface area (Å²) in [5, 5.41) is 2.79. The molecule has 8 nitrogen and oxygen atoms in total. The van der Waals surface area contributed by atoms with E-state index in [4.69, 9.17) is 16.3 Å². The molecule has 2 aromatic carbocycles. The van der Waals surface area contributed by atoms with Crippen molar-refractivity contribution in [1.29, 1.82) is 0 Å². The lowest BCUT2D eigenvalue weighted by atomic mass is 10.3. The smallest absolute Gasteiger partial charge is 0.328 e. The molecule has 0 saturated heterocycles. The highest BCUT2D eigenvalue weighted by Crippen LogP contribution is 2.27. The predicted molar refractivity (Wildman–Crippen MR) is 107 cm³/mol. The molecule has 0 aliphatic heterocycles. The first-order chi connectivity index (χ1) is 13.1. The number of aryl methyl sites for hydroxylation is 2. The van der Waals surface area contributed by atoms with Gasteiger partial charge < -0.3 is 10.1 Å². The van der Waals surface area contributed by atoms with Crippen molar-refractivity contribution in [2.45, 2.75) is 4.90 Å². The Morgan fingerprint density at radius 3 is 2.43 bits per heavy atom. The first kappa shape index (κ1) is 20.0. The Hall–Kier alpha value is -2.78. The van der Waals surface area contributed by atoms with E-state index in [1.54, 1.807) is 32.3 Å². The second kappa shape index (κ2) is 7.33. The van der Waals surface area contributed by atoms with E-state index in [2.05, 4.69) is 5.32 Å². The number of carbonyl (C=O) groups excluding carboxylic acids is 1. The number of hydrogen-bond donors (Lipinski definition) is 1. The molecule has 148 valence electrons. The fraction of sp³-hybridized carbons (Fsp3) is 0.222. The van der Waals surface area contributed by atoms with Crippen LogP contribution in [0, 0.1) is 0 Å². The standard InChI is InChI=1S/C18H18ClN3O5S/c1-21-14-6-5-12(9-15(14)22(2)18(21)24)28(25,26)10-17(23)20-11-4-7-16(27-3)13(19)8-11/h4-9H,10H2,1-3H3,(H,20,23). The molecule has 0 fully saturated rings. The third-order valence-corrected chi connectivity index (χ3v) is 6.27. The normalized spacial score (nSPS) is 11.6. The molecule has 1 amide bonds.